The Morgan fingerprint density at radius 2 is 2.08 bits per heavy atom. The lowest BCUT2D eigenvalue weighted by Gasteiger charge is -2.13. The van der Waals surface area contributed by atoms with Crippen LogP contribution < -0.4 is 4.57 Å². The first-order chi connectivity index (χ1) is 11.7. The van der Waals surface area contributed by atoms with Crippen molar-refractivity contribution < 1.29 is 47.9 Å². The maximum absolute atomic E-state index is 11.9. The molecule has 11 heteroatoms. The third-order valence-electron chi connectivity index (χ3n) is 3.53. The summed E-state index contributed by atoms with van der Waals surface area (Å²) in [5.41, 5.74) is 0.233. The Labute approximate surface area is 143 Å². The number of hydrogen-bond donors (Lipinski definition) is 4. The number of rotatable bonds is 7. The normalized spacial score (nSPS) is 26.6. The number of aromatic nitrogens is 1. The van der Waals surface area contributed by atoms with Crippen molar-refractivity contribution in [3.8, 4) is 0 Å². The first-order valence-electron chi connectivity index (χ1n) is 7.62. The Bertz CT molecular complexity index is 649. The van der Waals surface area contributed by atoms with Crippen LogP contribution in [0.1, 0.15) is 29.9 Å². The molecule has 0 unspecified atom stereocenters. The third-order valence-corrected chi connectivity index (χ3v) is 4.02. The van der Waals surface area contributed by atoms with Crippen molar-refractivity contribution in [2.45, 2.75) is 37.9 Å². The Morgan fingerprint density at radius 1 is 1.36 bits per heavy atom. The van der Waals surface area contributed by atoms with Gasteiger partial charge in [0.05, 0.1) is 13.2 Å². The largest absolute Gasteiger partial charge is 0.469 e. The summed E-state index contributed by atoms with van der Waals surface area (Å²) < 4.78 is 26.9. The quantitative estimate of drug-likeness (QED) is 0.274. The summed E-state index contributed by atoms with van der Waals surface area (Å²) in [5.74, 6) is -0.536. The van der Waals surface area contributed by atoms with Gasteiger partial charge >= 0.3 is 13.8 Å². The van der Waals surface area contributed by atoms with E-state index in [4.69, 9.17) is 19.3 Å². The van der Waals surface area contributed by atoms with Crippen LogP contribution in [-0.2, 0) is 18.6 Å². The van der Waals surface area contributed by atoms with Gasteiger partial charge in [-0.05, 0) is 12.5 Å². The van der Waals surface area contributed by atoms with E-state index < -0.39 is 44.9 Å². The van der Waals surface area contributed by atoms with Crippen LogP contribution in [0.3, 0.4) is 0 Å². The van der Waals surface area contributed by atoms with Crippen LogP contribution in [0.2, 0.25) is 0 Å². The summed E-state index contributed by atoms with van der Waals surface area (Å²) in [5, 5.41) is 20.1. The second kappa shape index (κ2) is 8.33. The second-order valence-corrected chi connectivity index (χ2v) is 6.75. The molecule has 4 N–H and O–H groups in total. The van der Waals surface area contributed by atoms with Crippen molar-refractivity contribution in [3.63, 3.8) is 0 Å². The molecule has 140 valence electrons. The van der Waals surface area contributed by atoms with Crippen molar-refractivity contribution in [3.05, 3.63) is 30.1 Å². The van der Waals surface area contributed by atoms with Gasteiger partial charge < -0.3 is 29.5 Å². The zero-order valence-electron chi connectivity index (χ0n) is 13.5. The number of esters is 1. The fourth-order valence-electron chi connectivity index (χ4n) is 2.33. The summed E-state index contributed by atoms with van der Waals surface area (Å²) in [6.45, 7) is 1.54. The minimum Gasteiger partial charge on any atom is -0.462 e. The number of carbonyl (C=O) groups is 1. The summed E-state index contributed by atoms with van der Waals surface area (Å²) in [4.78, 5) is 29.3. The Morgan fingerprint density at radius 3 is 2.72 bits per heavy atom. The molecule has 0 aliphatic carbocycles. The number of aliphatic hydroxyl groups is 2. The lowest BCUT2D eigenvalue weighted by Crippen LogP contribution is -2.46. The van der Waals surface area contributed by atoms with Gasteiger partial charge in [-0.25, -0.2) is 9.36 Å². The first-order valence-corrected chi connectivity index (χ1v) is 9.15. The van der Waals surface area contributed by atoms with E-state index in [9.17, 15) is 19.6 Å². The molecule has 2 heterocycles. The van der Waals surface area contributed by atoms with Crippen molar-refractivity contribution in [2.24, 2.45) is 0 Å². The second-order valence-electron chi connectivity index (χ2n) is 5.51. The standard InChI is InChI=1S/C14H20NO9P/c1-2-6-22-14(18)9-4-3-5-15(7-9)13-12(17)11(16)10(24-13)8-23-25(19,20)21/h3-5,7,10-13,16-17H,2,6,8H2,1H3,(H-,19,20,21)/p+1/t10-,11-,12-,13-/m1/s1. The van der Waals surface area contributed by atoms with Crippen LogP contribution in [0, 0.1) is 0 Å². The Hall–Kier alpha value is -1.39. The highest BCUT2D eigenvalue weighted by Crippen LogP contribution is 2.37. The summed E-state index contributed by atoms with van der Waals surface area (Å²) in [6, 6.07) is 3.07. The van der Waals surface area contributed by atoms with Crippen LogP contribution in [0.15, 0.2) is 24.5 Å². The fraction of sp³-hybridized carbons (Fsp3) is 0.571. The molecular weight excluding hydrogens is 357 g/mol. The lowest BCUT2D eigenvalue weighted by atomic mass is 10.1. The minimum absolute atomic E-state index is 0.233. The molecule has 1 aliphatic heterocycles. The maximum Gasteiger partial charge on any atom is 0.469 e. The first kappa shape index (κ1) is 19.9. The summed E-state index contributed by atoms with van der Waals surface area (Å²) in [7, 11) is -4.73. The zero-order valence-corrected chi connectivity index (χ0v) is 14.4. The lowest BCUT2D eigenvalue weighted by molar-refractivity contribution is -0.765. The Kier molecular flexibility index (Phi) is 6.64. The van der Waals surface area contributed by atoms with Crippen LogP contribution in [0.25, 0.3) is 0 Å². The molecule has 10 nitrogen and oxygen atoms in total. The zero-order chi connectivity index (χ0) is 18.6. The van der Waals surface area contributed by atoms with Gasteiger partial charge in [0.15, 0.2) is 18.5 Å². The molecule has 0 amide bonds. The van der Waals surface area contributed by atoms with Crippen LogP contribution in [0.5, 0.6) is 0 Å². The highest BCUT2D eigenvalue weighted by Gasteiger charge is 2.49. The van der Waals surface area contributed by atoms with Crippen LogP contribution in [0.4, 0.5) is 0 Å². The predicted octanol–water partition coefficient (Wildman–Crippen LogP) is -0.731. The number of hydrogen-bond acceptors (Lipinski definition) is 7. The molecular formula is C14H21NO9P+. The third kappa shape index (κ3) is 5.29. The van der Waals surface area contributed by atoms with Gasteiger partial charge in [0, 0.05) is 6.07 Å². The van der Waals surface area contributed by atoms with Crippen molar-refractivity contribution in [1.82, 2.24) is 0 Å². The molecule has 0 aromatic carbocycles. The molecule has 0 bridgehead atoms. The van der Waals surface area contributed by atoms with Crippen LogP contribution >= 0.6 is 7.82 Å². The smallest absolute Gasteiger partial charge is 0.462 e. The van der Waals surface area contributed by atoms with E-state index in [1.165, 1.54) is 23.0 Å². The summed E-state index contributed by atoms with van der Waals surface area (Å²) >= 11 is 0. The van der Waals surface area contributed by atoms with Crippen molar-refractivity contribution in [1.29, 1.82) is 0 Å². The number of phosphoric ester groups is 1. The molecule has 1 aliphatic rings. The number of nitrogens with zero attached hydrogens (tertiary/aromatic N) is 1. The van der Waals surface area contributed by atoms with E-state index in [2.05, 4.69) is 4.52 Å². The van der Waals surface area contributed by atoms with E-state index >= 15 is 0 Å². The van der Waals surface area contributed by atoms with Crippen LogP contribution in [-0.4, -0.2) is 57.5 Å². The van der Waals surface area contributed by atoms with Gasteiger partial charge in [-0.2, -0.15) is 4.57 Å². The van der Waals surface area contributed by atoms with Gasteiger partial charge in [0.1, 0.15) is 17.8 Å². The number of carbonyl (C=O) groups excluding carboxylic acids is 1. The molecule has 0 spiro atoms. The highest BCUT2D eigenvalue weighted by molar-refractivity contribution is 7.46. The van der Waals surface area contributed by atoms with Crippen molar-refractivity contribution >= 4 is 13.8 Å². The van der Waals surface area contributed by atoms with Gasteiger partial charge in [0.2, 0.25) is 0 Å². The van der Waals surface area contributed by atoms with E-state index in [0.717, 1.165) is 0 Å². The monoisotopic (exact) mass is 378 g/mol. The van der Waals surface area contributed by atoms with Gasteiger partial charge in [-0.15, -0.1) is 0 Å². The molecule has 2 rings (SSSR count). The minimum atomic E-state index is -4.73. The molecule has 4 atom stereocenters. The Balaban J connectivity index is 2.10. The van der Waals surface area contributed by atoms with Crippen molar-refractivity contribution in [2.75, 3.05) is 13.2 Å². The molecule has 1 aromatic rings. The predicted molar refractivity (Wildman–Crippen MR) is 81.1 cm³/mol. The molecule has 25 heavy (non-hydrogen) atoms. The number of pyridine rings is 1. The fourth-order valence-corrected chi connectivity index (χ4v) is 2.67. The van der Waals surface area contributed by atoms with E-state index in [-0.39, 0.29) is 12.2 Å². The average molecular weight is 378 g/mol. The number of ether oxygens (including phenoxy) is 2. The van der Waals surface area contributed by atoms with Gasteiger partial charge in [-0.3, -0.25) is 4.52 Å². The molecule has 1 fully saturated rings. The molecule has 1 saturated heterocycles. The molecule has 1 aromatic heterocycles. The SMILES string of the molecule is CCCOC(=O)c1ccc[n+]([C@@H]2O[C@H](COP(=O)(O)O)[C@@H](O)[C@H]2O)c1. The average Bonchev–Trinajstić information content (AvgIpc) is 2.85. The van der Waals surface area contributed by atoms with E-state index in [1.54, 1.807) is 6.07 Å². The van der Waals surface area contributed by atoms with E-state index in [1.807, 2.05) is 6.92 Å². The van der Waals surface area contributed by atoms with E-state index in [0.29, 0.717) is 6.42 Å². The highest BCUT2D eigenvalue weighted by atomic mass is 31.2. The number of phosphoric acid groups is 1. The van der Waals surface area contributed by atoms with Gasteiger partial charge in [-0.1, -0.05) is 6.92 Å². The van der Waals surface area contributed by atoms with Gasteiger partial charge in [0.25, 0.3) is 6.23 Å². The summed E-state index contributed by atoms with van der Waals surface area (Å²) in [6.07, 6.45) is -1.41. The molecule has 0 radical (unpaired) electrons. The maximum atomic E-state index is 11.9. The topological polar surface area (TPSA) is 147 Å². The molecule has 0 saturated carbocycles. The number of aliphatic hydroxyl groups excluding tert-OH is 2.